The molecule has 2 atom stereocenters. The molecule has 0 heterocycles. The normalized spacial score (nSPS) is 17.0. The molecular formula is C41H51N. The van der Waals surface area contributed by atoms with Crippen LogP contribution in [-0.4, -0.2) is 0 Å². The zero-order chi connectivity index (χ0) is 29.4. The van der Waals surface area contributed by atoms with E-state index in [0.29, 0.717) is 0 Å². The van der Waals surface area contributed by atoms with Gasteiger partial charge in [0.25, 0.3) is 0 Å². The second-order valence-electron chi connectivity index (χ2n) is 12.6. The third-order valence-corrected chi connectivity index (χ3v) is 9.90. The Labute approximate surface area is 256 Å². The van der Waals surface area contributed by atoms with Gasteiger partial charge in [0.2, 0.25) is 0 Å². The lowest BCUT2D eigenvalue weighted by molar-refractivity contribution is 0.266. The minimum Gasteiger partial charge on any atom is -0.310 e. The van der Waals surface area contributed by atoms with Gasteiger partial charge in [-0.25, -0.2) is 0 Å². The third-order valence-electron chi connectivity index (χ3n) is 9.90. The van der Waals surface area contributed by atoms with Crippen LogP contribution in [0.5, 0.6) is 0 Å². The fourth-order valence-corrected chi connectivity index (χ4v) is 7.58. The van der Waals surface area contributed by atoms with Gasteiger partial charge in [-0.15, -0.1) is 0 Å². The van der Waals surface area contributed by atoms with Crippen molar-refractivity contribution in [3.05, 3.63) is 114 Å². The smallest absolute Gasteiger partial charge is 0.0465 e. The van der Waals surface area contributed by atoms with Crippen LogP contribution >= 0.6 is 0 Å². The number of rotatable bonds is 15. The highest BCUT2D eigenvalue weighted by Gasteiger charge is 2.45. The van der Waals surface area contributed by atoms with Crippen molar-refractivity contribution in [2.24, 2.45) is 11.8 Å². The number of para-hydroxylation sites is 2. The number of unbranched alkanes of at least 4 members (excludes halogenated alkanes) is 2. The van der Waals surface area contributed by atoms with Gasteiger partial charge in [0.1, 0.15) is 0 Å². The second kappa shape index (κ2) is 14.2. The van der Waals surface area contributed by atoms with Gasteiger partial charge < -0.3 is 4.90 Å². The van der Waals surface area contributed by atoms with Crippen LogP contribution < -0.4 is 4.90 Å². The van der Waals surface area contributed by atoms with Gasteiger partial charge in [-0.05, 0) is 83.3 Å². The highest BCUT2D eigenvalue weighted by atomic mass is 15.1. The Morgan fingerprint density at radius 2 is 1.02 bits per heavy atom. The van der Waals surface area contributed by atoms with Crippen LogP contribution in [0.15, 0.2) is 103 Å². The largest absolute Gasteiger partial charge is 0.310 e. The molecule has 42 heavy (non-hydrogen) atoms. The predicted molar refractivity (Wildman–Crippen MR) is 183 cm³/mol. The number of nitrogens with zero attached hydrogens (tertiary/aromatic N) is 1. The summed E-state index contributed by atoms with van der Waals surface area (Å²) in [5.74, 6) is 1.46. The molecule has 0 saturated heterocycles. The highest BCUT2D eigenvalue weighted by molar-refractivity contribution is 5.85. The molecule has 1 aliphatic carbocycles. The van der Waals surface area contributed by atoms with Crippen LogP contribution in [0.25, 0.3) is 11.1 Å². The van der Waals surface area contributed by atoms with Crippen molar-refractivity contribution in [3.8, 4) is 11.1 Å². The monoisotopic (exact) mass is 557 g/mol. The summed E-state index contributed by atoms with van der Waals surface area (Å²) in [6.45, 7) is 9.53. The summed E-state index contributed by atoms with van der Waals surface area (Å²) in [6, 6.07) is 38.5. The van der Waals surface area contributed by atoms with Crippen LogP contribution in [0.1, 0.15) is 103 Å². The standard InChI is InChI=1S/C41H51N/c1-5-9-19-32(7-3)30-41(31-33(8-4)20-10-6-2)39-26-18-17-25-37(39)38-28-27-36(29-40(38)41)42(34-21-13-11-14-22-34)35-23-15-12-16-24-35/h11-18,21-29,32-33H,5-10,19-20,30-31H2,1-4H3. The van der Waals surface area contributed by atoms with Crippen LogP contribution in [0, 0.1) is 11.8 Å². The summed E-state index contributed by atoms with van der Waals surface area (Å²) >= 11 is 0. The van der Waals surface area contributed by atoms with Crippen LogP contribution in [-0.2, 0) is 5.41 Å². The topological polar surface area (TPSA) is 3.24 Å². The lowest BCUT2D eigenvalue weighted by Gasteiger charge is -2.39. The first-order chi connectivity index (χ1) is 20.6. The van der Waals surface area contributed by atoms with Gasteiger partial charge in [0.05, 0.1) is 0 Å². The molecule has 4 aromatic carbocycles. The van der Waals surface area contributed by atoms with E-state index in [-0.39, 0.29) is 5.41 Å². The van der Waals surface area contributed by atoms with E-state index < -0.39 is 0 Å². The van der Waals surface area contributed by atoms with E-state index in [1.54, 1.807) is 11.1 Å². The molecule has 0 fully saturated rings. The Bertz CT molecular complexity index is 1330. The number of fused-ring (bicyclic) bond motifs is 3. The van der Waals surface area contributed by atoms with Crippen molar-refractivity contribution in [2.45, 2.75) is 97.3 Å². The maximum absolute atomic E-state index is 2.58. The van der Waals surface area contributed by atoms with Gasteiger partial charge in [-0.2, -0.15) is 0 Å². The molecule has 1 nitrogen and oxygen atoms in total. The van der Waals surface area contributed by atoms with Gasteiger partial charge in [0.15, 0.2) is 0 Å². The van der Waals surface area contributed by atoms with Crippen LogP contribution in [0.4, 0.5) is 17.1 Å². The summed E-state index contributed by atoms with van der Waals surface area (Å²) in [7, 11) is 0. The van der Waals surface area contributed by atoms with Crippen molar-refractivity contribution in [3.63, 3.8) is 0 Å². The van der Waals surface area contributed by atoms with Crippen molar-refractivity contribution in [1.29, 1.82) is 0 Å². The lowest BCUT2D eigenvalue weighted by atomic mass is 9.65. The fourth-order valence-electron chi connectivity index (χ4n) is 7.58. The number of hydrogen-bond donors (Lipinski definition) is 0. The second-order valence-corrected chi connectivity index (χ2v) is 12.6. The van der Waals surface area contributed by atoms with Gasteiger partial charge in [0, 0.05) is 22.5 Å². The van der Waals surface area contributed by atoms with E-state index in [0.717, 1.165) is 11.8 Å². The van der Waals surface area contributed by atoms with Gasteiger partial charge in [-0.1, -0.05) is 146 Å². The Morgan fingerprint density at radius 3 is 1.55 bits per heavy atom. The van der Waals surface area contributed by atoms with E-state index in [1.165, 1.54) is 92.4 Å². The van der Waals surface area contributed by atoms with Gasteiger partial charge >= 0.3 is 0 Å². The van der Waals surface area contributed by atoms with E-state index in [2.05, 4.69) is 136 Å². The summed E-state index contributed by atoms with van der Waals surface area (Å²) in [4.78, 5) is 2.44. The molecule has 5 rings (SSSR count). The zero-order valence-electron chi connectivity index (χ0n) is 26.5. The first-order valence-electron chi connectivity index (χ1n) is 16.8. The molecule has 1 heteroatoms. The fraction of sp³-hybridized carbons (Fsp3) is 0.415. The molecule has 0 spiro atoms. The zero-order valence-corrected chi connectivity index (χ0v) is 26.5. The molecule has 0 saturated carbocycles. The first kappa shape index (κ1) is 30.1. The van der Waals surface area contributed by atoms with Gasteiger partial charge in [-0.3, -0.25) is 0 Å². The Kier molecular flexibility index (Phi) is 10.2. The van der Waals surface area contributed by atoms with Crippen LogP contribution in [0.3, 0.4) is 0 Å². The SMILES string of the molecule is CCCCC(CC)CC1(CC(CC)CCCC)c2ccccc2-c2ccc(N(c3ccccc3)c3ccccc3)cc21. The predicted octanol–water partition coefficient (Wildman–Crippen LogP) is 12.6. The average molecular weight is 558 g/mol. The summed E-state index contributed by atoms with van der Waals surface area (Å²) < 4.78 is 0. The third kappa shape index (κ3) is 6.22. The molecule has 0 bridgehead atoms. The lowest BCUT2D eigenvalue weighted by Crippen LogP contribution is -2.31. The van der Waals surface area contributed by atoms with E-state index in [4.69, 9.17) is 0 Å². The molecular weight excluding hydrogens is 506 g/mol. The Balaban J connectivity index is 1.70. The molecule has 1 aliphatic rings. The van der Waals surface area contributed by atoms with Crippen LogP contribution in [0.2, 0.25) is 0 Å². The van der Waals surface area contributed by atoms with Crippen molar-refractivity contribution in [2.75, 3.05) is 4.90 Å². The summed E-state index contributed by atoms with van der Waals surface area (Å²) in [5, 5.41) is 0. The molecule has 2 unspecified atom stereocenters. The molecule has 0 radical (unpaired) electrons. The van der Waals surface area contributed by atoms with Crippen molar-refractivity contribution < 1.29 is 0 Å². The first-order valence-corrected chi connectivity index (χ1v) is 16.8. The molecule has 4 aromatic rings. The maximum atomic E-state index is 2.58. The summed E-state index contributed by atoms with van der Waals surface area (Å²) in [6.07, 6.45) is 12.9. The molecule has 220 valence electrons. The van der Waals surface area contributed by atoms with E-state index >= 15 is 0 Å². The van der Waals surface area contributed by atoms with E-state index in [9.17, 15) is 0 Å². The maximum Gasteiger partial charge on any atom is 0.0465 e. The minimum absolute atomic E-state index is 0.0455. The Hall–Kier alpha value is -3.32. The quantitative estimate of drug-likeness (QED) is 0.140. The highest BCUT2D eigenvalue weighted by Crippen LogP contribution is 2.57. The molecule has 0 aliphatic heterocycles. The molecule has 0 amide bonds. The van der Waals surface area contributed by atoms with Crippen molar-refractivity contribution in [1.82, 2.24) is 0 Å². The van der Waals surface area contributed by atoms with Crippen molar-refractivity contribution >= 4 is 17.1 Å². The minimum atomic E-state index is 0.0455. The van der Waals surface area contributed by atoms with E-state index in [1.807, 2.05) is 0 Å². The number of hydrogen-bond acceptors (Lipinski definition) is 1. The molecule has 0 N–H and O–H groups in total. The Morgan fingerprint density at radius 1 is 0.524 bits per heavy atom. The number of benzene rings is 4. The summed E-state index contributed by atoms with van der Waals surface area (Å²) in [5.41, 5.74) is 9.75. The number of anilines is 3. The molecule has 0 aromatic heterocycles. The average Bonchev–Trinajstić information content (AvgIpc) is 3.31.